The van der Waals surface area contributed by atoms with Crippen LogP contribution in [0.15, 0.2) is 0 Å². The first kappa shape index (κ1) is 38.7. The summed E-state index contributed by atoms with van der Waals surface area (Å²) < 4.78 is 4.42. The number of methoxy groups -OCH3 is 1. The zero-order valence-electron chi connectivity index (χ0n) is 22.1. The lowest BCUT2D eigenvalue weighted by Crippen LogP contribution is -2.43. The van der Waals surface area contributed by atoms with Gasteiger partial charge in [-0.3, -0.25) is 58.0 Å². The molecule has 234 valence electrons. The summed E-state index contributed by atoms with van der Waals surface area (Å²) in [4.78, 5) is 89.8. The molecule has 41 heavy (non-hydrogen) atoms. The van der Waals surface area contributed by atoms with E-state index in [9.17, 15) is 38.4 Å². The second-order valence-electron chi connectivity index (χ2n) is 8.17. The van der Waals surface area contributed by atoms with Gasteiger partial charge in [-0.05, 0) is 0 Å². The van der Waals surface area contributed by atoms with Crippen LogP contribution >= 0.6 is 0 Å². The number of carbonyl (C=O) groups excluding carboxylic acids is 1. The van der Waals surface area contributed by atoms with Crippen LogP contribution in [0.1, 0.15) is 0 Å². The van der Waals surface area contributed by atoms with E-state index in [2.05, 4.69) is 4.74 Å². The lowest BCUT2D eigenvalue weighted by molar-refractivity contribution is -0.146. The van der Waals surface area contributed by atoms with Gasteiger partial charge in [-0.2, -0.15) is 0 Å². The van der Waals surface area contributed by atoms with E-state index >= 15 is 0 Å². The van der Waals surface area contributed by atoms with Crippen LogP contribution < -0.4 is 0 Å². The average Bonchev–Trinajstić information content (AvgIpc) is 2.78. The highest BCUT2D eigenvalue weighted by molar-refractivity contribution is 5.75. The summed E-state index contributed by atoms with van der Waals surface area (Å²) in [5.41, 5.74) is 0. The van der Waals surface area contributed by atoms with E-state index in [0.29, 0.717) is 0 Å². The number of ether oxygens (including phenoxy) is 1. The van der Waals surface area contributed by atoms with E-state index in [4.69, 9.17) is 35.7 Å². The molecule has 0 spiro atoms. The van der Waals surface area contributed by atoms with Crippen molar-refractivity contribution < 1.29 is 78.8 Å². The van der Waals surface area contributed by atoms with Gasteiger partial charge >= 0.3 is 47.8 Å². The standard InChI is InChI=1S/C11H18N2O8.C10H16N2O8/c1-21-11(20)7-13(6-10(18)19)3-2-12(4-8(14)15)5-9(16)17;13-7(14)3-11(4-8(15)16)1-2-12(5-9(17)18)6-10(19)20/h2-7H2,1H3,(H,14,15)(H,16,17)(H,18,19);1-6H2,(H,13,14)(H,15,16)(H,17,18)(H,19,20). The Hall–Kier alpha value is -4.40. The molecular formula is C21H34N4O16. The maximum absolute atomic E-state index is 11.1. The van der Waals surface area contributed by atoms with Crippen LogP contribution in [0, 0.1) is 0 Å². The molecular weight excluding hydrogens is 564 g/mol. The van der Waals surface area contributed by atoms with Crippen molar-refractivity contribution in [1.29, 1.82) is 0 Å². The Morgan fingerprint density at radius 1 is 0.390 bits per heavy atom. The maximum atomic E-state index is 11.1. The Balaban J connectivity index is 0. The first-order valence-corrected chi connectivity index (χ1v) is 11.4. The summed E-state index contributed by atoms with van der Waals surface area (Å²) in [7, 11) is 1.16. The van der Waals surface area contributed by atoms with Crippen molar-refractivity contribution in [3.05, 3.63) is 0 Å². The fourth-order valence-electron chi connectivity index (χ4n) is 3.01. The predicted molar refractivity (Wildman–Crippen MR) is 131 cm³/mol. The van der Waals surface area contributed by atoms with Crippen LogP contribution in [0.3, 0.4) is 0 Å². The van der Waals surface area contributed by atoms with E-state index in [1.807, 2.05) is 0 Å². The summed E-state index contributed by atoms with van der Waals surface area (Å²) in [6.45, 7) is -3.96. The van der Waals surface area contributed by atoms with Crippen LogP contribution in [-0.4, -0.2) is 189 Å². The van der Waals surface area contributed by atoms with E-state index in [-0.39, 0.29) is 32.7 Å². The molecule has 0 aromatic heterocycles. The molecule has 7 N–H and O–H groups in total. The van der Waals surface area contributed by atoms with Crippen molar-refractivity contribution in [2.75, 3.05) is 85.6 Å². The van der Waals surface area contributed by atoms with Gasteiger partial charge in [0.05, 0.1) is 59.5 Å². The molecule has 20 nitrogen and oxygen atoms in total. The monoisotopic (exact) mass is 598 g/mol. The number of carbonyl (C=O) groups is 8. The fraction of sp³-hybridized carbons (Fsp3) is 0.619. The van der Waals surface area contributed by atoms with Crippen LogP contribution in [0.4, 0.5) is 0 Å². The Labute approximate surface area is 232 Å². The molecule has 0 saturated heterocycles. The second kappa shape index (κ2) is 21.4. The Morgan fingerprint density at radius 3 is 0.707 bits per heavy atom. The van der Waals surface area contributed by atoms with Crippen molar-refractivity contribution >= 4 is 47.8 Å². The highest BCUT2D eigenvalue weighted by atomic mass is 16.5. The van der Waals surface area contributed by atoms with Gasteiger partial charge in [-0.1, -0.05) is 0 Å². The smallest absolute Gasteiger partial charge is 0.319 e. The largest absolute Gasteiger partial charge is 0.480 e. The van der Waals surface area contributed by atoms with E-state index in [0.717, 1.165) is 21.8 Å². The Bertz CT molecular complexity index is 843. The number of hydrogen-bond acceptors (Lipinski definition) is 13. The van der Waals surface area contributed by atoms with Crippen LogP contribution in [-0.2, 0) is 43.1 Å². The molecule has 0 saturated carbocycles. The lowest BCUT2D eigenvalue weighted by Gasteiger charge is -2.23. The average molecular weight is 599 g/mol. The molecule has 0 radical (unpaired) electrons. The molecule has 0 rings (SSSR count). The minimum atomic E-state index is -1.23. The molecule has 0 bridgehead atoms. The molecule has 0 unspecified atom stereocenters. The quantitative estimate of drug-likeness (QED) is 0.0583. The number of nitrogens with zero attached hydrogens (tertiary/aromatic N) is 4. The highest BCUT2D eigenvalue weighted by Gasteiger charge is 2.19. The number of aliphatic carboxylic acids is 7. The molecule has 0 aliphatic heterocycles. The molecule has 0 heterocycles. The number of rotatable bonds is 22. The summed E-state index contributed by atoms with van der Waals surface area (Å²) in [6, 6.07) is 0. The minimum Gasteiger partial charge on any atom is -0.480 e. The third-order valence-corrected chi connectivity index (χ3v) is 4.56. The second-order valence-corrected chi connectivity index (χ2v) is 8.17. The maximum Gasteiger partial charge on any atom is 0.319 e. The molecule has 20 heteroatoms. The number of carboxylic acids is 7. The third-order valence-electron chi connectivity index (χ3n) is 4.56. The number of esters is 1. The van der Waals surface area contributed by atoms with Gasteiger partial charge in [0.15, 0.2) is 0 Å². The molecule has 0 aromatic rings. The van der Waals surface area contributed by atoms with Crippen molar-refractivity contribution in [2.24, 2.45) is 0 Å². The van der Waals surface area contributed by atoms with Crippen molar-refractivity contribution in [3.63, 3.8) is 0 Å². The highest BCUT2D eigenvalue weighted by Crippen LogP contribution is 1.96. The Kier molecular flexibility index (Phi) is 20.2. The van der Waals surface area contributed by atoms with Gasteiger partial charge in [-0.15, -0.1) is 0 Å². The van der Waals surface area contributed by atoms with Gasteiger partial charge in [0, 0.05) is 26.2 Å². The molecule has 0 fully saturated rings. The zero-order chi connectivity index (χ0) is 32.1. The van der Waals surface area contributed by atoms with E-state index < -0.39 is 93.6 Å². The summed E-state index contributed by atoms with van der Waals surface area (Å²) in [5.74, 6) is -9.11. The molecule has 0 amide bonds. The normalized spacial score (nSPS) is 10.7. The Morgan fingerprint density at radius 2 is 0.561 bits per heavy atom. The summed E-state index contributed by atoms with van der Waals surface area (Å²) in [6.07, 6.45) is 0. The number of hydrogen-bond donors (Lipinski definition) is 7. The van der Waals surface area contributed by atoms with Crippen molar-refractivity contribution in [3.8, 4) is 0 Å². The van der Waals surface area contributed by atoms with Crippen molar-refractivity contribution in [1.82, 2.24) is 19.6 Å². The molecule has 0 aliphatic carbocycles. The van der Waals surface area contributed by atoms with E-state index in [1.54, 1.807) is 0 Å². The predicted octanol–water partition coefficient (Wildman–Crippen LogP) is -4.05. The van der Waals surface area contributed by atoms with Gasteiger partial charge in [0.25, 0.3) is 0 Å². The summed E-state index contributed by atoms with van der Waals surface area (Å²) >= 11 is 0. The van der Waals surface area contributed by atoms with Gasteiger partial charge < -0.3 is 40.5 Å². The number of carboxylic acid groups (broad SMARTS) is 7. The van der Waals surface area contributed by atoms with E-state index in [1.165, 1.54) is 4.90 Å². The molecule has 0 atom stereocenters. The van der Waals surface area contributed by atoms with Crippen LogP contribution in [0.25, 0.3) is 0 Å². The van der Waals surface area contributed by atoms with Crippen LogP contribution in [0.5, 0.6) is 0 Å². The van der Waals surface area contributed by atoms with Gasteiger partial charge in [0.2, 0.25) is 0 Å². The summed E-state index contributed by atoms with van der Waals surface area (Å²) in [5, 5.41) is 60.5. The minimum absolute atomic E-state index is 0.0110. The van der Waals surface area contributed by atoms with Gasteiger partial charge in [-0.25, -0.2) is 0 Å². The zero-order valence-corrected chi connectivity index (χ0v) is 22.1. The lowest BCUT2D eigenvalue weighted by atomic mass is 10.4. The van der Waals surface area contributed by atoms with Crippen molar-refractivity contribution in [2.45, 2.75) is 0 Å². The first-order valence-electron chi connectivity index (χ1n) is 11.4. The molecule has 0 aliphatic rings. The fourth-order valence-corrected chi connectivity index (χ4v) is 3.01. The SMILES string of the molecule is COC(=O)CN(CCN(CC(=O)O)CC(=O)O)CC(=O)O.O=C(O)CN(CCN(CC(=O)O)CC(=O)O)CC(=O)O. The topological polar surface area (TPSA) is 300 Å². The third kappa shape index (κ3) is 25.6. The molecule has 0 aromatic carbocycles. The van der Waals surface area contributed by atoms with Crippen LogP contribution in [0.2, 0.25) is 0 Å². The van der Waals surface area contributed by atoms with Gasteiger partial charge in [0.1, 0.15) is 0 Å². The first-order chi connectivity index (χ1) is 18.9.